The van der Waals surface area contributed by atoms with Gasteiger partial charge in [-0.1, -0.05) is 17.7 Å². The molecule has 0 aliphatic carbocycles. The van der Waals surface area contributed by atoms with Crippen molar-refractivity contribution >= 4 is 17.6 Å². The summed E-state index contributed by atoms with van der Waals surface area (Å²) in [5, 5.41) is 17.9. The summed E-state index contributed by atoms with van der Waals surface area (Å²) in [6, 6.07) is 6.52. The van der Waals surface area contributed by atoms with Crippen LogP contribution in [0.3, 0.4) is 0 Å². The van der Waals surface area contributed by atoms with Crippen LogP contribution in [-0.2, 0) is 0 Å². The molecule has 1 aromatic carbocycles. The summed E-state index contributed by atoms with van der Waals surface area (Å²) in [6.45, 7) is 1.82. The molecule has 0 atom stereocenters. The summed E-state index contributed by atoms with van der Waals surface area (Å²) < 4.78 is 0. The minimum atomic E-state index is -1.02. The maximum absolute atomic E-state index is 10.9. The van der Waals surface area contributed by atoms with E-state index in [-0.39, 0.29) is 16.5 Å². The molecule has 0 aliphatic heterocycles. The van der Waals surface area contributed by atoms with Gasteiger partial charge in [-0.25, -0.2) is 9.78 Å². The van der Waals surface area contributed by atoms with Gasteiger partial charge in [0, 0.05) is 5.56 Å². The van der Waals surface area contributed by atoms with E-state index >= 15 is 0 Å². The van der Waals surface area contributed by atoms with Crippen molar-refractivity contribution in [3.63, 3.8) is 0 Å². The summed E-state index contributed by atoms with van der Waals surface area (Å²) in [5.41, 5.74) is 1.96. The zero-order valence-electron chi connectivity index (χ0n) is 9.36. The molecule has 2 N–H and O–H groups in total. The predicted octanol–water partition coefficient (Wildman–Crippen LogP) is 2.61. The third-order valence-electron chi connectivity index (χ3n) is 2.51. The number of carboxylic acids is 1. The number of H-pyrrole nitrogens is 1. The van der Waals surface area contributed by atoms with Crippen LogP contribution in [0.25, 0.3) is 11.3 Å². The van der Waals surface area contributed by atoms with Crippen LogP contribution in [0.1, 0.15) is 21.7 Å². The van der Waals surface area contributed by atoms with Crippen molar-refractivity contribution in [1.29, 1.82) is 5.26 Å². The van der Waals surface area contributed by atoms with Crippen molar-refractivity contribution in [2.45, 2.75) is 6.92 Å². The molecule has 90 valence electrons. The first kappa shape index (κ1) is 12.1. The monoisotopic (exact) mass is 261 g/mol. The predicted molar refractivity (Wildman–Crippen MR) is 65.4 cm³/mol. The van der Waals surface area contributed by atoms with E-state index in [1.54, 1.807) is 6.07 Å². The van der Waals surface area contributed by atoms with Gasteiger partial charge in [-0.3, -0.25) is 0 Å². The fourth-order valence-electron chi connectivity index (χ4n) is 1.59. The normalized spacial score (nSPS) is 10.1. The molecule has 1 heterocycles. The van der Waals surface area contributed by atoms with Crippen molar-refractivity contribution < 1.29 is 9.90 Å². The number of imidazole rings is 1. The summed E-state index contributed by atoms with van der Waals surface area (Å²) >= 11 is 5.95. The molecule has 0 bridgehead atoms. The molecule has 1 aromatic heterocycles. The molecule has 0 saturated heterocycles. The minimum Gasteiger partial charge on any atom is -0.478 e. The van der Waals surface area contributed by atoms with Gasteiger partial charge in [0.15, 0.2) is 0 Å². The number of nitriles is 1. The van der Waals surface area contributed by atoms with E-state index in [1.165, 1.54) is 12.1 Å². The minimum absolute atomic E-state index is 0.0927. The highest BCUT2D eigenvalue weighted by Gasteiger charge is 2.14. The van der Waals surface area contributed by atoms with E-state index in [0.717, 1.165) is 5.56 Å². The number of halogens is 1. The molecule has 0 saturated carbocycles. The first-order valence-corrected chi connectivity index (χ1v) is 5.40. The maximum Gasteiger partial charge on any atom is 0.335 e. The fraction of sp³-hybridized carbons (Fsp3) is 0.0833. The third-order valence-corrected chi connectivity index (χ3v) is 2.78. The van der Waals surface area contributed by atoms with E-state index in [9.17, 15) is 4.79 Å². The van der Waals surface area contributed by atoms with Crippen molar-refractivity contribution in [1.82, 2.24) is 9.97 Å². The van der Waals surface area contributed by atoms with Crippen LogP contribution in [0.2, 0.25) is 5.15 Å². The van der Waals surface area contributed by atoms with Gasteiger partial charge in [0.05, 0.1) is 5.56 Å². The van der Waals surface area contributed by atoms with Crippen LogP contribution in [0.15, 0.2) is 18.2 Å². The zero-order valence-corrected chi connectivity index (χ0v) is 10.1. The second-order valence-electron chi connectivity index (χ2n) is 3.69. The second kappa shape index (κ2) is 4.51. The molecule has 0 aliphatic rings. The molecule has 0 fully saturated rings. The van der Waals surface area contributed by atoms with E-state index in [4.69, 9.17) is 22.0 Å². The first-order chi connectivity index (χ1) is 8.52. The Hall–Kier alpha value is -2.32. The van der Waals surface area contributed by atoms with Crippen molar-refractivity contribution in [2.75, 3.05) is 0 Å². The van der Waals surface area contributed by atoms with Crippen LogP contribution in [0.5, 0.6) is 0 Å². The smallest absolute Gasteiger partial charge is 0.335 e. The number of aromatic amines is 1. The Balaban J connectivity index is 2.62. The Labute approximate surface area is 108 Å². The second-order valence-corrected chi connectivity index (χ2v) is 4.07. The molecule has 6 heteroatoms. The lowest BCUT2D eigenvalue weighted by atomic mass is 10.0. The maximum atomic E-state index is 10.9. The van der Waals surface area contributed by atoms with Gasteiger partial charge < -0.3 is 10.1 Å². The number of nitrogens with one attached hydrogen (secondary N) is 1. The van der Waals surface area contributed by atoms with Crippen LogP contribution in [-0.4, -0.2) is 21.0 Å². The highest BCUT2D eigenvalue weighted by Crippen LogP contribution is 2.29. The van der Waals surface area contributed by atoms with Crippen molar-refractivity contribution in [3.8, 4) is 17.3 Å². The standard InChI is InChI=1S/C12H8ClN3O2/c1-6-2-3-7(12(17)18)4-8(6)10-11(13)16-9(5-14)15-10/h2-4H,1H3,(H,15,16)(H,17,18). The average Bonchev–Trinajstić information content (AvgIpc) is 2.71. The molecule has 18 heavy (non-hydrogen) atoms. The van der Waals surface area contributed by atoms with Crippen LogP contribution in [0.4, 0.5) is 0 Å². The summed E-state index contributed by atoms with van der Waals surface area (Å²) in [5.74, 6) is -0.932. The average molecular weight is 262 g/mol. The molecular formula is C12H8ClN3O2. The topological polar surface area (TPSA) is 89.8 Å². The molecule has 2 aromatic rings. The number of carboxylic acid groups (broad SMARTS) is 1. The Morgan fingerprint density at radius 2 is 2.28 bits per heavy atom. The first-order valence-electron chi connectivity index (χ1n) is 5.03. The SMILES string of the molecule is Cc1ccc(C(=O)O)cc1-c1nc(C#N)[nH]c1Cl. The van der Waals surface area contributed by atoms with Gasteiger partial charge in [-0.15, -0.1) is 0 Å². The highest BCUT2D eigenvalue weighted by molar-refractivity contribution is 6.32. The zero-order chi connectivity index (χ0) is 13.3. The lowest BCUT2D eigenvalue weighted by Gasteiger charge is -2.04. The van der Waals surface area contributed by atoms with Gasteiger partial charge in [-0.05, 0) is 24.6 Å². The number of aromatic nitrogens is 2. The number of hydrogen-bond acceptors (Lipinski definition) is 3. The van der Waals surface area contributed by atoms with Gasteiger partial charge >= 0.3 is 5.97 Å². The molecule has 0 spiro atoms. The van der Waals surface area contributed by atoms with Gasteiger partial charge in [-0.2, -0.15) is 5.26 Å². The van der Waals surface area contributed by atoms with E-state index < -0.39 is 5.97 Å². The highest BCUT2D eigenvalue weighted by atomic mass is 35.5. The third kappa shape index (κ3) is 2.06. The fourth-order valence-corrected chi connectivity index (χ4v) is 1.83. The number of rotatable bonds is 2. The van der Waals surface area contributed by atoms with Crippen LogP contribution in [0, 0.1) is 18.3 Å². The van der Waals surface area contributed by atoms with Crippen molar-refractivity contribution in [2.24, 2.45) is 0 Å². The number of carbonyl (C=O) groups is 1. The Morgan fingerprint density at radius 1 is 1.56 bits per heavy atom. The Kier molecular flexibility index (Phi) is 3.04. The summed E-state index contributed by atoms with van der Waals surface area (Å²) in [7, 11) is 0. The molecular weight excluding hydrogens is 254 g/mol. The summed E-state index contributed by atoms with van der Waals surface area (Å²) in [4.78, 5) is 17.6. The quantitative estimate of drug-likeness (QED) is 0.869. The largest absolute Gasteiger partial charge is 0.478 e. The van der Waals surface area contributed by atoms with Gasteiger partial charge in [0.1, 0.15) is 16.9 Å². The molecule has 0 amide bonds. The number of hydrogen-bond donors (Lipinski definition) is 2. The van der Waals surface area contributed by atoms with Gasteiger partial charge in [0.2, 0.25) is 5.82 Å². The van der Waals surface area contributed by atoms with Crippen molar-refractivity contribution in [3.05, 3.63) is 40.3 Å². The van der Waals surface area contributed by atoms with E-state index in [1.807, 2.05) is 13.0 Å². The molecule has 2 rings (SSSR count). The lowest BCUT2D eigenvalue weighted by molar-refractivity contribution is 0.0697. The molecule has 0 unspecified atom stereocenters. The number of aromatic carboxylic acids is 1. The Morgan fingerprint density at radius 3 is 2.83 bits per heavy atom. The summed E-state index contributed by atoms with van der Waals surface area (Å²) in [6.07, 6.45) is 0. The number of aryl methyl sites for hydroxylation is 1. The van der Waals surface area contributed by atoms with E-state index in [0.29, 0.717) is 11.3 Å². The molecule has 0 radical (unpaired) electrons. The van der Waals surface area contributed by atoms with E-state index in [2.05, 4.69) is 9.97 Å². The Bertz CT molecular complexity index is 670. The van der Waals surface area contributed by atoms with Crippen LogP contribution < -0.4 is 0 Å². The molecule has 5 nitrogen and oxygen atoms in total. The van der Waals surface area contributed by atoms with Crippen LogP contribution >= 0.6 is 11.6 Å². The lowest BCUT2D eigenvalue weighted by Crippen LogP contribution is -1.97. The number of benzene rings is 1. The number of nitrogens with zero attached hydrogens (tertiary/aromatic N) is 2. The van der Waals surface area contributed by atoms with Gasteiger partial charge in [0.25, 0.3) is 0 Å².